The van der Waals surface area contributed by atoms with E-state index in [1.165, 1.54) is 12.1 Å². The summed E-state index contributed by atoms with van der Waals surface area (Å²) in [4.78, 5) is 18.3. The van der Waals surface area contributed by atoms with Crippen LogP contribution >= 0.6 is 0 Å². The Labute approximate surface area is 241 Å². The second-order valence-electron chi connectivity index (χ2n) is 10.7. The van der Waals surface area contributed by atoms with Crippen LogP contribution in [0.3, 0.4) is 0 Å². The summed E-state index contributed by atoms with van der Waals surface area (Å²) in [5.74, 6) is -4.84. The normalized spacial score (nSPS) is 17.1. The molecule has 4 aromatic rings. The van der Waals surface area contributed by atoms with Gasteiger partial charge in [0.25, 0.3) is 0 Å². The van der Waals surface area contributed by atoms with Gasteiger partial charge in [-0.1, -0.05) is 0 Å². The first-order chi connectivity index (χ1) is 20.5. The SMILES string of the molecule is O=C(O)c1ccc2nc(CN3CCc4cc(C(F)(F)F)c(OCc5cc(F)c(F)cc5F)cc4C3)n(C[C@@H]3CCO3)c2c1. The quantitative estimate of drug-likeness (QED) is 0.193. The highest BCUT2D eigenvalue weighted by Gasteiger charge is 2.36. The van der Waals surface area contributed by atoms with Gasteiger partial charge in [-0.05, 0) is 60.4 Å². The number of aromatic nitrogens is 2. The number of halogens is 6. The molecule has 43 heavy (non-hydrogen) atoms. The molecular weight excluding hydrogens is 580 g/mol. The Balaban J connectivity index is 1.27. The van der Waals surface area contributed by atoms with Gasteiger partial charge in [0.2, 0.25) is 0 Å². The van der Waals surface area contributed by atoms with E-state index in [1.807, 2.05) is 9.47 Å². The van der Waals surface area contributed by atoms with Gasteiger partial charge in [0.1, 0.15) is 24.0 Å². The van der Waals surface area contributed by atoms with E-state index in [2.05, 4.69) is 0 Å². The number of alkyl halides is 3. The molecule has 0 unspecified atom stereocenters. The molecule has 0 amide bonds. The Morgan fingerprint density at radius 1 is 1.05 bits per heavy atom. The number of benzene rings is 3. The molecule has 1 fully saturated rings. The van der Waals surface area contributed by atoms with Crippen LogP contribution in [0.2, 0.25) is 0 Å². The molecule has 0 aliphatic carbocycles. The number of aromatic carboxylic acids is 1. The number of ether oxygens (including phenoxy) is 2. The Kier molecular flexibility index (Phi) is 7.55. The minimum Gasteiger partial charge on any atom is -0.488 e. The number of hydrogen-bond donors (Lipinski definition) is 1. The van der Waals surface area contributed by atoms with Crippen LogP contribution in [0.1, 0.15) is 44.9 Å². The van der Waals surface area contributed by atoms with Crippen molar-refractivity contribution in [1.29, 1.82) is 0 Å². The maximum Gasteiger partial charge on any atom is 0.419 e. The third-order valence-corrected chi connectivity index (χ3v) is 7.79. The lowest BCUT2D eigenvalue weighted by molar-refractivity contribution is -0.139. The van der Waals surface area contributed by atoms with Crippen molar-refractivity contribution in [3.05, 3.63) is 93.6 Å². The minimum absolute atomic E-state index is 0.0355. The molecule has 2 aliphatic rings. The van der Waals surface area contributed by atoms with Crippen LogP contribution in [-0.2, 0) is 43.6 Å². The van der Waals surface area contributed by atoms with Crippen molar-refractivity contribution in [2.24, 2.45) is 0 Å². The maximum absolute atomic E-state index is 14.1. The summed E-state index contributed by atoms with van der Waals surface area (Å²) in [5, 5.41) is 9.47. The van der Waals surface area contributed by atoms with Crippen LogP contribution in [0.25, 0.3) is 11.0 Å². The van der Waals surface area contributed by atoms with Crippen molar-refractivity contribution in [2.45, 2.75) is 51.4 Å². The van der Waals surface area contributed by atoms with E-state index in [0.717, 1.165) is 12.5 Å². The van der Waals surface area contributed by atoms with Gasteiger partial charge in [-0.15, -0.1) is 0 Å². The number of fused-ring (bicyclic) bond motifs is 2. The monoisotopic (exact) mass is 605 g/mol. The van der Waals surface area contributed by atoms with Gasteiger partial charge in [0.05, 0.1) is 41.4 Å². The van der Waals surface area contributed by atoms with Crippen molar-refractivity contribution in [3.63, 3.8) is 0 Å². The van der Waals surface area contributed by atoms with Gasteiger partial charge < -0.3 is 19.1 Å². The molecule has 1 saturated heterocycles. The molecule has 7 nitrogen and oxygen atoms in total. The van der Waals surface area contributed by atoms with E-state index in [-0.39, 0.29) is 18.2 Å². The standard InChI is InChI=1S/C30H25F6N3O4/c31-22-11-24(33)23(32)8-19(22)15-43-27-10-18-12-38(5-3-16(18)7-21(27)30(34,35)36)14-28-37-25-2-1-17(29(40)41)9-26(25)39(28)13-20-4-6-42-20/h1-2,7-11,20H,3-6,12-15H2,(H,40,41)/t20-/m0/s1. The Morgan fingerprint density at radius 3 is 2.51 bits per heavy atom. The van der Waals surface area contributed by atoms with Crippen LogP contribution in [0.4, 0.5) is 26.3 Å². The van der Waals surface area contributed by atoms with Crippen LogP contribution in [0, 0.1) is 17.5 Å². The molecule has 226 valence electrons. The third kappa shape index (κ3) is 5.91. The van der Waals surface area contributed by atoms with Gasteiger partial charge in [0, 0.05) is 31.3 Å². The zero-order chi connectivity index (χ0) is 30.5. The van der Waals surface area contributed by atoms with Crippen molar-refractivity contribution >= 4 is 17.0 Å². The van der Waals surface area contributed by atoms with Crippen molar-refractivity contribution < 1.29 is 45.7 Å². The van der Waals surface area contributed by atoms with E-state index in [4.69, 9.17) is 14.5 Å². The summed E-state index contributed by atoms with van der Waals surface area (Å²) in [6, 6.07) is 7.83. The lowest BCUT2D eigenvalue weighted by Gasteiger charge is -2.31. The smallest absolute Gasteiger partial charge is 0.419 e. The molecule has 1 N–H and O–H groups in total. The lowest BCUT2D eigenvalue weighted by atomic mass is 9.96. The number of carboxylic acids is 1. The number of rotatable bonds is 8. The summed E-state index contributed by atoms with van der Waals surface area (Å²) in [6.45, 7) is 1.41. The van der Waals surface area contributed by atoms with E-state index in [1.54, 1.807) is 12.1 Å². The summed E-state index contributed by atoms with van der Waals surface area (Å²) in [7, 11) is 0. The first kappa shape index (κ1) is 29.0. The number of hydrogen-bond acceptors (Lipinski definition) is 5. The number of carbonyl (C=O) groups is 1. The maximum atomic E-state index is 14.1. The molecule has 0 saturated carbocycles. The molecule has 13 heteroatoms. The molecule has 2 aliphatic heterocycles. The summed E-state index contributed by atoms with van der Waals surface area (Å²) < 4.78 is 95.7. The predicted octanol–water partition coefficient (Wildman–Crippen LogP) is 6.10. The largest absolute Gasteiger partial charge is 0.488 e. The second kappa shape index (κ2) is 11.2. The number of imidazole rings is 1. The Morgan fingerprint density at radius 2 is 1.81 bits per heavy atom. The molecule has 3 aromatic carbocycles. The van der Waals surface area contributed by atoms with Crippen LogP contribution in [0.5, 0.6) is 5.75 Å². The second-order valence-corrected chi connectivity index (χ2v) is 10.7. The number of nitrogens with zero attached hydrogens (tertiary/aromatic N) is 3. The summed E-state index contributed by atoms with van der Waals surface area (Å²) >= 11 is 0. The highest BCUT2D eigenvalue weighted by Crippen LogP contribution is 2.40. The highest BCUT2D eigenvalue weighted by molar-refractivity contribution is 5.92. The van der Waals surface area contributed by atoms with Crippen molar-refractivity contribution in [1.82, 2.24) is 14.5 Å². The third-order valence-electron chi connectivity index (χ3n) is 7.79. The Bertz CT molecular complexity index is 1720. The molecule has 3 heterocycles. The van der Waals surface area contributed by atoms with E-state index >= 15 is 0 Å². The number of carboxylic acid groups (broad SMARTS) is 1. The first-order valence-corrected chi connectivity index (χ1v) is 13.5. The molecule has 1 aromatic heterocycles. The molecular formula is C30H25F6N3O4. The average Bonchev–Trinajstić information content (AvgIpc) is 3.26. The lowest BCUT2D eigenvalue weighted by Crippen LogP contribution is -2.34. The van der Waals surface area contributed by atoms with Gasteiger partial charge in [0.15, 0.2) is 11.6 Å². The first-order valence-electron chi connectivity index (χ1n) is 13.5. The topological polar surface area (TPSA) is 76.8 Å². The van der Waals surface area contributed by atoms with E-state index in [9.17, 15) is 36.2 Å². The van der Waals surface area contributed by atoms with Gasteiger partial charge >= 0.3 is 12.1 Å². The summed E-state index contributed by atoms with van der Waals surface area (Å²) in [5.41, 5.74) is 0.976. The molecule has 0 bridgehead atoms. The highest BCUT2D eigenvalue weighted by atomic mass is 19.4. The van der Waals surface area contributed by atoms with Gasteiger partial charge in [-0.3, -0.25) is 4.90 Å². The Hall–Kier alpha value is -4.10. The molecule has 0 radical (unpaired) electrons. The molecule has 6 rings (SSSR count). The minimum atomic E-state index is -4.77. The average molecular weight is 606 g/mol. The zero-order valence-electron chi connectivity index (χ0n) is 22.6. The molecule has 1 atom stereocenters. The zero-order valence-corrected chi connectivity index (χ0v) is 22.6. The fraction of sp³-hybridized carbons (Fsp3) is 0.333. The van der Waals surface area contributed by atoms with E-state index < -0.39 is 53.1 Å². The van der Waals surface area contributed by atoms with E-state index in [0.29, 0.717) is 72.8 Å². The fourth-order valence-electron chi connectivity index (χ4n) is 5.41. The molecule has 0 spiro atoms. The van der Waals surface area contributed by atoms with Crippen LogP contribution in [0.15, 0.2) is 42.5 Å². The van der Waals surface area contributed by atoms with Gasteiger partial charge in [-0.25, -0.2) is 22.9 Å². The van der Waals surface area contributed by atoms with Crippen LogP contribution in [-0.4, -0.2) is 44.8 Å². The fourth-order valence-corrected chi connectivity index (χ4v) is 5.41. The predicted molar refractivity (Wildman–Crippen MR) is 141 cm³/mol. The van der Waals surface area contributed by atoms with Gasteiger partial charge in [-0.2, -0.15) is 13.2 Å². The summed E-state index contributed by atoms with van der Waals surface area (Å²) in [6.07, 6.45) is -3.64. The van der Waals surface area contributed by atoms with Crippen molar-refractivity contribution in [3.8, 4) is 5.75 Å². The van der Waals surface area contributed by atoms with Crippen LogP contribution < -0.4 is 4.74 Å². The van der Waals surface area contributed by atoms with Crippen molar-refractivity contribution in [2.75, 3.05) is 13.2 Å².